The molecular weight excluding hydrogens is 205 g/mol. The molecule has 76 valence electrons. The minimum absolute atomic E-state index is 0.171. The number of amides is 1. The SMILES string of the molecule is CCOc1ccc(NC(=O)S)cc1F. The van der Waals surface area contributed by atoms with Gasteiger partial charge in [0.25, 0.3) is 5.24 Å². The van der Waals surface area contributed by atoms with Crippen LogP contribution >= 0.6 is 12.6 Å². The van der Waals surface area contributed by atoms with Crippen molar-refractivity contribution in [1.29, 1.82) is 0 Å². The van der Waals surface area contributed by atoms with E-state index in [0.717, 1.165) is 0 Å². The molecule has 0 aliphatic carbocycles. The van der Waals surface area contributed by atoms with Gasteiger partial charge < -0.3 is 10.1 Å². The van der Waals surface area contributed by atoms with Gasteiger partial charge in [-0.05, 0) is 19.1 Å². The summed E-state index contributed by atoms with van der Waals surface area (Å²) in [5.74, 6) is -0.337. The Morgan fingerprint density at radius 3 is 2.86 bits per heavy atom. The van der Waals surface area contributed by atoms with Crippen LogP contribution in [0, 0.1) is 5.82 Å². The van der Waals surface area contributed by atoms with E-state index in [0.29, 0.717) is 12.3 Å². The van der Waals surface area contributed by atoms with E-state index in [9.17, 15) is 9.18 Å². The summed E-state index contributed by atoms with van der Waals surface area (Å²) in [5, 5.41) is 1.81. The zero-order valence-corrected chi connectivity index (χ0v) is 8.48. The van der Waals surface area contributed by atoms with Gasteiger partial charge in [0.15, 0.2) is 11.6 Å². The monoisotopic (exact) mass is 215 g/mol. The first kappa shape index (κ1) is 10.8. The van der Waals surface area contributed by atoms with Crippen molar-refractivity contribution in [2.75, 3.05) is 11.9 Å². The van der Waals surface area contributed by atoms with Crippen molar-refractivity contribution < 1.29 is 13.9 Å². The number of halogens is 1. The van der Waals surface area contributed by atoms with Gasteiger partial charge in [0.05, 0.1) is 6.61 Å². The smallest absolute Gasteiger partial charge is 0.280 e. The van der Waals surface area contributed by atoms with Crippen LogP contribution in [0.5, 0.6) is 5.75 Å². The Hall–Kier alpha value is -1.23. The molecule has 5 heteroatoms. The fraction of sp³-hybridized carbons (Fsp3) is 0.222. The zero-order chi connectivity index (χ0) is 10.6. The van der Waals surface area contributed by atoms with Crippen LogP contribution in [0.25, 0.3) is 0 Å². The third kappa shape index (κ3) is 2.92. The summed E-state index contributed by atoms with van der Waals surface area (Å²) in [6.45, 7) is 2.16. The molecule has 0 aliphatic heterocycles. The number of ether oxygens (including phenoxy) is 1. The fourth-order valence-electron chi connectivity index (χ4n) is 0.975. The highest BCUT2D eigenvalue weighted by Gasteiger charge is 2.04. The number of hydrogen-bond acceptors (Lipinski definition) is 2. The number of carbonyl (C=O) groups is 1. The van der Waals surface area contributed by atoms with Gasteiger partial charge >= 0.3 is 0 Å². The minimum atomic E-state index is -0.534. The van der Waals surface area contributed by atoms with Crippen LogP contribution in [0.3, 0.4) is 0 Å². The first-order chi connectivity index (χ1) is 6.63. The number of hydrogen-bond donors (Lipinski definition) is 2. The third-order valence-electron chi connectivity index (χ3n) is 1.48. The molecule has 1 amide bonds. The molecule has 0 saturated heterocycles. The molecule has 14 heavy (non-hydrogen) atoms. The first-order valence-electron chi connectivity index (χ1n) is 4.05. The van der Waals surface area contributed by atoms with E-state index in [1.54, 1.807) is 13.0 Å². The molecule has 0 unspecified atom stereocenters. The predicted molar refractivity (Wildman–Crippen MR) is 55.6 cm³/mol. The van der Waals surface area contributed by atoms with Crippen LogP contribution in [-0.4, -0.2) is 11.8 Å². The number of benzene rings is 1. The van der Waals surface area contributed by atoms with Crippen molar-refractivity contribution in [3.05, 3.63) is 24.0 Å². The summed E-state index contributed by atoms with van der Waals surface area (Å²) in [6, 6.07) is 4.18. The van der Waals surface area contributed by atoms with Gasteiger partial charge in [-0.2, -0.15) is 0 Å². The molecule has 0 aromatic heterocycles. The van der Waals surface area contributed by atoms with E-state index in [4.69, 9.17) is 4.74 Å². The molecule has 0 radical (unpaired) electrons. The van der Waals surface area contributed by atoms with Gasteiger partial charge in [-0.25, -0.2) is 4.39 Å². The number of carbonyl (C=O) groups excluding carboxylic acids is 1. The standard InChI is InChI=1S/C9H10FNO2S/c1-2-13-8-4-3-6(5-7(8)10)11-9(12)14/h3-5H,2H2,1H3,(H2,11,12,14). The largest absolute Gasteiger partial charge is 0.491 e. The number of anilines is 1. The Balaban J connectivity index is 2.83. The van der Waals surface area contributed by atoms with Gasteiger partial charge in [-0.3, -0.25) is 4.79 Å². The lowest BCUT2D eigenvalue weighted by atomic mass is 10.3. The Morgan fingerprint density at radius 2 is 2.36 bits per heavy atom. The summed E-state index contributed by atoms with van der Waals surface area (Å²) in [4.78, 5) is 10.5. The quantitative estimate of drug-likeness (QED) is 0.761. The van der Waals surface area contributed by atoms with Gasteiger partial charge in [0.2, 0.25) is 0 Å². The highest BCUT2D eigenvalue weighted by Crippen LogP contribution is 2.21. The second-order valence-electron chi connectivity index (χ2n) is 2.51. The summed E-state index contributed by atoms with van der Waals surface area (Å²) in [5.41, 5.74) is 0.353. The molecule has 0 fully saturated rings. The second-order valence-corrected chi connectivity index (χ2v) is 2.91. The first-order valence-corrected chi connectivity index (χ1v) is 4.50. The van der Waals surface area contributed by atoms with Crippen molar-refractivity contribution >= 4 is 23.6 Å². The minimum Gasteiger partial charge on any atom is -0.491 e. The molecule has 1 aromatic rings. The lowest BCUT2D eigenvalue weighted by molar-refractivity contribution is 0.270. The Labute approximate surface area is 86.7 Å². The number of thiol groups is 1. The molecule has 0 spiro atoms. The van der Waals surface area contributed by atoms with Gasteiger partial charge in [0, 0.05) is 11.8 Å². The Morgan fingerprint density at radius 1 is 1.64 bits per heavy atom. The maximum Gasteiger partial charge on any atom is 0.280 e. The van der Waals surface area contributed by atoms with Crippen LogP contribution in [0.4, 0.5) is 14.9 Å². The summed E-state index contributed by atoms with van der Waals surface area (Å²) in [6.07, 6.45) is 0. The van der Waals surface area contributed by atoms with E-state index in [2.05, 4.69) is 17.9 Å². The molecule has 0 bridgehead atoms. The van der Waals surface area contributed by atoms with Crippen molar-refractivity contribution in [2.45, 2.75) is 6.92 Å². The summed E-state index contributed by atoms with van der Waals surface area (Å²) in [7, 11) is 0. The van der Waals surface area contributed by atoms with Gasteiger partial charge in [-0.15, -0.1) is 0 Å². The molecule has 0 heterocycles. The van der Waals surface area contributed by atoms with Crippen LogP contribution in [0.1, 0.15) is 6.92 Å². The van der Waals surface area contributed by atoms with Crippen molar-refractivity contribution in [1.82, 2.24) is 0 Å². The maximum atomic E-state index is 13.2. The molecule has 3 nitrogen and oxygen atoms in total. The highest BCUT2D eigenvalue weighted by atomic mass is 32.1. The van der Waals surface area contributed by atoms with Crippen molar-refractivity contribution in [2.24, 2.45) is 0 Å². The molecule has 0 aliphatic rings. The number of nitrogens with one attached hydrogen (secondary N) is 1. The maximum absolute atomic E-state index is 13.2. The highest BCUT2D eigenvalue weighted by molar-refractivity contribution is 7.96. The Kier molecular flexibility index (Phi) is 3.76. The second kappa shape index (κ2) is 4.85. The van der Waals surface area contributed by atoms with E-state index in [-0.39, 0.29) is 5.75 Å². The van der Waals surface area contributed by atoms with Crippen LogP contribution in [0.15, 0.2) is 18.2 Å². The van der Waals surface area contributed by atoms with E-state index in [1.807, 2.05) is 0 Å². The number of rotatable bonds is 3. The van der Waals surface area contributed by atoms with E-state index >= 15 is 0 Å². The van der Waals surface area contributed by atoms with Crippen LogP contribution < -0.4 is 10.1 Å². The normalized spacial score (nSPS) is 9.64. The summed E-state index contributed by atoms with van der Waals surface area (Å²) >= 11 is 3.51. The van der Waals surface area contributed by atoms with Crippen molar-refractivity contribution in [3.63, 3.8) is 0 Å². The van der Waals surface area contributed by atoms with Crippen LogP contribution in [0.2, 0.25) is 0 Å². The molecular formula is C9H10FNO2S. The fourth-order valence-corrected chi connectivity index (χ4v) is 1.10. The summed E-state index contributed by atoms with van der Waals surface area (Å²) < 4.78 is 18.2. The van der Waals surface area contributed by atoms with E-state index < -0.39 is 11.1 Å². The van der Waals surface area contributed by atoms with Crippen LogP contribution in [-0.2, 0) is 0 Å². The van der Waals surface area contributed by atoms with Crippen molar-refractivity contribution in [3.8, 4) is 5.75 Å². The average molecular weight is 215 g/mol. The van der Waals surface area contributed by atoms with Gasteiger partial charge in [-0.1, -0.05) is 12.6 Å². The molecule has 1 aromatic carbocycles. The lowest BCUT2D eigenvalue weighted by Crippen LogP contribution is -2.02. The third-order valence-corrected chi connectivity index (χ3v) is 1.59. The molecule has 0 atom stereocenters. The molecule has 1 N–H and O–H groups in total. The average Bonchev–Trinajstić information content (AvgIpc) is 2.09. The molecule has 1 rings (SSSR count). The molecule has 0 saturated carbocycles. The lowest BCUT2D eigenvalue weighted by Gasteiger charge is -2.06. The van der Waals surface area contributed by atoms with Gasteiger partial charge in [0.1, 0.15) is 0 Å². The van der Waals surface area contributed by atoms with E-state index in [1.165, 1.54) is 12.1 Å². The Bertz CT molecular complexity index is 344. The topological polar surface area (TPSA) is 38.3 Å². The zero-order valence-electron chi connectivity index (χ0n) is 7.58. The predicted octanol–water partition coefficient (Wildman–Crippen LogP) is 2.69.